The highest BCUT2D eigenvalue weighted by molar-refractivity contribution is 5.91. The molecular formula is C14H10N2O. The molecule has 0 saturated carbocycles. The fourth-order valence-electron chi connectivity index (χ4n) is 1.31. The highest BCUT2D eigenvalue weighted by atomic mass is 16.1. The van der Waals surface area contributed by atoms with E-state index in [1.807, 2.05) is 30.3 Å². The summed E-state index contributed by atoms with van der Waals surface area (Å²) in [5.41, 5.74) is 7.01. The van der Waals surface area contributed by atoms with Crippen LogP contribution < -0.4 is 5.73 Å². The number of carbonyl (C=O) groups is 1. The van der Waals surface area contributed by atoms with Crippen LogP contribution in [0.3, 0.4) is 0 Å². The van der Waals surface area contributed by atoms with Gasteiger partial charge in [-0.25, -0.2) is 0 Å². The molecule has 1 aromatic heterocycles. The van der Waals surface area contributed by atoms with Crippen LogP contribution in [0.1, 0.15) is 21.6 Å². The molecule has 1 heterocycles. The zero-order chi connectivity index (χ0) is 12.1. The molecule has 0 fully saturated rings. The number of pyridine rings is 1. The van der Waals surface area contributed by atoms with Gasteiger partial charge >= 0.3 is 0 Å². The standard InChI is InChI=1S/C14H10N2O/c15-14(17)13-10-12(8-9-16-13)7-6-11-4-2-1-3-5-11/h1-5,8-10H,(H2,15,17). The van der Waals surface area contributed by atoms with Crippen LogP contribution in [0.15, 0.2) is 48.7 Å². The Labute approximate surface area is 99.3 Å². The first-order chi connectivity index (χ1) is 8.25. The smallest absolute Gasteiger partial charge is 0.267 e. The molecule has 17 heavy (non-hydrogen) atoms. The lowest BCUT2D eigenvalue weighted by molar-refractivity contribution is 0.0995. The van der Waals surface area contributed by atoms with Crippen LogP contribution in [-0.2, 0) is 0 Å². The Kier molecular flexibility index (Phi) is 3.18. The van der Waals surface area contributed by atoms with E-state index in [2.05, 4.69) is 16.8 Å². The lowest BCUT2D eigenvalue weighted by atomic mass is 10.2. The lowest BCUT2D eigenvalue weighted by Crippen LogP contribution is -2.12. The van der Waals surface area contributed by atoms with Gasteiger partial charge in [0.25, 0.3) is 5.91 Å². The van der Waals surface area contributed by atoms with Gasteiger partial charge in [0.15, 0.2) is 0 Å². The predicted octanol–water partition coefficient (Wildman–Crippen LogP) is 1.58. The molecule has 3 nitrogen and oxygen atoms in total. The first kappa shape index (κ1) is 10.9. The number of nitrogens with two attached hydrogens (primary N) is 1. The predicted molar refractivity (Wildman–Crippen MR) is 65.2 cm³/mol. The van der Waals surface area contributed by atoms with E-state index < -0.39 is 5.91 Å². The van der Waals surface area contributed by atoms with Gasteiger partial charge in [0, 0.05) is 17.3 Å². The second-order valence-electron chi connectivity index (χ2n) is 3.41. The molecule has 0 bridgehead atoms. The number of hydrogen-bond donors (Lipinski definition) is 1. The minimum atomic E-state index is -0.548. The number of carbonyl (C=O) groups excluding carboxylic acids is 1. The molecule has 0 aliphatic heterocycles. The third-order valence-corrected chi connectivity index (χ3v) is 2.14. The summed E-state index contributed by atoms with van der Waals surface area (Å²) in [5.74, 6) is 5.41. The van der Waals surface area contributed by atoms with E-state index in [1.54, 1.807) is 12.1 Å². The monoisotopic (exact) mass is 222 g/mol. The number of amides is 1. The Morgan fingerprint density at radius 3 is 2.47 bits per heavy atom. The summed E-state index contributed by atoms with van der Waals surface area (Å²) in [6.07, 6.45) is 1.52. The maximum Gasteiger partial charge on any atom is 0.267 e. The summed E-state index contributed by atoms with van der Waals surface area (Å²) < 4.78 is 0. The zero-order valence-electron chi connectivity index (χ0n) is 9.05. The molecule has 2 N–H and O–H groups in total. The molecule has 2 rings (SSSR count). The van der Waals surface area contributed by atoms with E-state index in [4.69, 9.17) is 5.73 Å². The van der Waals surface area contributed by atoms with E-state index >= 15 is 0 Å². The van der Waals surface area contributed by atoms with Gasteiger partial charge in [-0.05, 0) is 24.3 Å². The number of hydrogen-bond acceptors (Lipinski definition) is 2. The maximum absolute atomic E-state index is 10.9. The van der Waals surface area contributed by atoms with Crippen LogP contribution in [0.5, 0.6) is 0 Å². The Morgan fingerprint density at radius 1 is 1.06 bits per heavy atom. The molecule has 0 spiro atoms. The molecular weight excluding hydrogens is 212 g/mol. The third kappa shape index (κ3) is 2.93. The van der Waals surface area contributed by atoms with Crippen molar-refractivity contribution < 1.29 is 4.79 Å². The molecule has 0 unspecified atom stereocenters. The fraction of sp³-hybridized carbons (Fsp3) is 0. The van der Waals surface area contributed by atoms with Crippen molar-refractivity contribution >= 4 is 5.91 Å². The van der Waals surface area contributed by atoms with Crippen molar-refractivity contribution in [2.24, 2.45) is 5.73 Å². The van der Waals surface area contributed by atoms with E-state index in [9.17, 15) is 4.79 Å². The summed E-state index contributed by atoms with van der Waals surface area (Å²) in [4.78, 5) is 14.8. The normalized spacial score (nSPS) is 9.18. The Bertz CT molecular complexity index is 594. The average molecular weight is 222 g/mol. The topological polar surface area (TPSA) is 56.0 Å². The molecule has 3 heteroatoms. The third-order valence-electron chi connectivity index (χ3n) is 2.14. The van der Waals surface area contributed by atoms with Crippen molar-refractivity contribution in [3.63, 3.8) is 0 Å². The average Bonchev–Trinajstić information content (AvgIpc) is 2.38. The van der Waals surface area contributed by atoms with Crippen LogP contribution in [0.4, 0.5) is 0 Å². The van der Waals surface area contributed by atoms with Gasteiger partial charge in [-0.2, -0.15) is 0 Å². The quantitative estimate of drug-likeness (QED) is 0.745. The maximum atomic E-state index is 10.9. The molecule has 0 atom stereocenters. The minimum absolute atomic E-state index is 0.227. The van der Waals surface area contributed by atoms with E-state index in [1.165, 1.54) is 6.20 Å². The largest absolute Gasteiger partial charge is 0.364 e. The van der Waals surface area contributed by atoms with Crippen molar-refractivity contribution in [2.75, 3.05) is 0 Å². The van der Waals surface area contributed by atoms with Gasteiger partial charge in [-0.15, -0.1) is 0 Å². The number of rotatable bonds is 1. The Morgan fingerprint density at radius 2 is 1.76 bits per heavy atom. The van der Waals surface area contributed by atoms with Crippen molar-refractivity contribution in [2.45, 2.75) is 0 Å². The molecule has 2 aromatic rings. The lowest BCUT2D eigenvalue weighted by Gasteiger charge is -1.94. The molecule has 1 amide bonds. The minimum Gasteiger partial charge on any atom is -0.364 e. The van der Waals surface area contributed by atoms with Crippen LogP contribution in [0.2, 0.25) is 0 Å². The molecule has 0 aliphatic carbocycles. The van der Waals surface area contributed by atoms with Crippen molar-refractivity contribution in [1.82, 2.24) is 4.98 Å². The molecule has 0 radical (unpaired) electrons. The molecule has 0 aliphatic rings. The van der Waals surface area contributed by atoms with Crippen LogP contribution >= 0.6 is 0 Å². The fourth-order valence-corrected chi connectivity index (χ4v) is 1.31. The van der Waals surface area contributed by atoms with Crippen molar-refractivity contribution in [3.8, 4) is 11.8 Å². The Hall–Kier alpha value is -2.60. The first-order valence-corrected chi connectivity index (χ1v) is 5.08. The molecule has 0 saturated heterocycles. The van der Waals surface area contributed by atoms with Crippen LogP contribution in [0.25, 0.3) is 0 Å². The second-order valence-corrected chi connectivity index (χ2v) is 3.41. The Balaban J connectivity index is 2.28. The van der Waals surface area contributed by atoms with Gasteiger partial charge in [0.2, 0.25) is 0 Å². The second kappa shape index (κ2) is 4.95. The van der Waals surface area contributed by atoms with Gasteiger partial charge < -0.3 is 5.73 Å². The van der Waals surface area contributed by atoms with Gasteiger partial charge in [0.1, 0.15) is 5.69 Å². The number of nitrogens with zero attached hydrogens (tertiary/aromatic N) is 1. The van der Waals surface area contributed by atoms with Gasteiger partial charge in [-0.1, -0.05) is 30.0 Å². The van der Waals surface area contributed by atoms with E-state index in [0.717, 1.165) is 11.1 Å². The summed E-state index contributed by atoms with van der Waals surface area (Å²) in [5, 5.41) is 0. The summed E-state index contributed by atoms with van der Waals surface area (Å²) in [6, 6.07) is 12.9. The van der Waals surface area contributed by atoms with Gasteiger partial charge in [-0.3, -0.25) is 9.78 Å². The summed E-state index contributed by atoms with van der Waals surface area (Å²) in [6.45, 7) is 0. The SMILES string of the molecule is NC(=O)c1cc(C#Cc2ccccc2)ccn1. The highest BCUT2D eigenvalue weighted by Crippen LogP contribution is 2.01. The summed E-state index contributed by atoms with van der Waals surface area (Å²) >= 11 is 0. The van der Waals surface area contributed by atoms with Crippen LogP contribution in [0, 0.1) is 11.8 Å². The number of benzene rings is 1. The van der Waals surface area contributed by atoms with Gasteiger partial charge in [0.05, 0.1) is 0 Å². The summed E-state index contributed by atoms with van der Waals surface area (Å²) in [7, 11) is 0. The first-order valence-electron chi connectivity index (χ1n) is 5.08. The number of aromatic nitrogens is 1. The van der Waals surface area contributed by atoms with Crippen LogP contribution in [-0.4, -0.2) is 10.9 Å². The van der Waals surface area contributed by atoms with Crippen molar-refractivity contribution in [3.05, 3.63) is 65.5 Å². The number of primary amides is 1. The van der Waals surface area contributed by atoms with E-state index in [-0.39, 0.29) is 5.69 Å². The van der Waals surface area contributed by atoms with Crippen molar-refractivity contribution in [1.29, 1.82) is 0 Å². The zero-order valence-corrected chi connectivity index (χ0v) is 9.05. The molecule has 82 valence electrons. The highest BCUT2D eigenvalue weighted by Gasteiger charge is 2.00. The molecule has 1 aromatic carbocycles. The van der Waals surface area contributed by atoms with E-state index in [0.29, 0.717) is 0 Å².